The summed E-state index contributed by atoms with van der Waals surface area (Å²) in [7, 11) is 0. The maximum absolute atomic E-state index is 12.5. The fourth-order valence-electron chi connectivity index (χ4n) is 4.66. The highest BCUT2D eigenvalue weighted by molar-refractivity contribution is 7.81. The van der Waals surface area contributed by atoms with Gasteiger partial charge in [0.05, 0.1) is 43.7 Å². The van der Waals surface area contributed by atoms with Crippen LogP contribution in [0.25, 0.3) is 0 Å². The van der Waals surface area contributed by atoms with Crippen molar-refractivity contribution in [2.75, 3.05) is 25.6 Å². The van der Waals surface area contributed by atoms with Crippen LogP contribution in [0.2, 0.25) is 0 Å². The zero-order valence-electron chi connectivity index (χ0n) is 20.1. The standard InChI is InChI=1S/C20H37N3O14S/c21-8-11(28)14(5(1-24)33-17(8)32)35-18-9(22)12(29)15(6(2-25)34-18)36-19-10(23)13(30)16(31)20(4-26,37-19)7(27)3-38/h5-6,8-19,24-26,28-32,38H,1-4,21-23H2/t5-,6-,8-,9-,10-,11-,12-,13-,14?,15?,16+,17-,18+,19+,20+/m1/s1. The van der Waals surface area contributed by atoms with Gasteiger partial charge in [-0.15, -0.1) is 0 Å². The Morgan fingerprint density at radius 3 is 1.82 bits per heavy atom. The Labute approximate surface area is 222 Å². The number of hydrogen-bond acceptors (Lipinski definition) is 18. The first-order chi connectivity index (χ1) is 17.9. The lowest BCUT2D eigenvalue weighted by atomic mass is 9.83. The molecule has 222 valence electrons. The number of hydrogen-bond donors (Lipinski definition) is 12. The van der Waals surface area contributed by atoms with Crippen LogP contribution < -0.4 is 17.2 Å². The van der Waals surface area contributed by atoms with Gasteiger partial charge in [0.1, 0.15) is 48.8 Å². The lowest BCUT2D eigenvalue weighted by Crippen LogP contribution is -2.73. The first-order valence-electron chi connectivity index (χ1n) is 11.8. The Kier molecular flexibility index (Phi) is 10.8. The normalized spacial score (nSPS) is 50.1. The van der Waals surface area contributed by atoms with E-state index in [1.165, 1.54) is 0 Å². The summed E-state index contributed by atoms with van der Waals surface area (Å²) in [6.45, 7) is -2.53. The fraction of sp³-hybridized carbons (Fsp3) is 0.950. The predicted molar refractivity (Wildman–Crippen MR) is 125 cm³/mol. The fourth-order valence-corrected chi connectivity index (χ4v) is 4.93. The number of ketones is 1. The van der Waals surface area contributed by atoms with Crippen molar-refractivity contribution in [1.29, 1.82) is 0 Å². The first kappa shape index (κ1) is 31.9. The first-order valence-corrected chi connectivity index (χ1v) is 12.4. The molecule has 18 heteroatoms. The van der Waals surface area contributed by atoms with Gasteiger partial charge in [-0.3, -0.25) is 4.79 Å². The molecule has 0 saturated carbocycles. The minimum Gasteiger partial charge on any atom is -0.394 e. The molecular formula is C20H37N3O14S. The summed E-state index contributed by atoms with van der Waals surface area (Å²) in [6.07, 6.45) is -17.3. The van der Waals surface area contributed by atoms with E-state index in [2.05, 4.69) is 12.6 Å². The molecule has 0 aromatic rings. The molecule has 17 nitrogen and oxygen atoms in total. The van der Waals surface area contributed by atoms with Crippen molar-refractivity contribution in [1.82, 2.24) is 0 Å². The van der Waals surface area contributed by atoms with Gasteiger partial charge in [-0.1, -0.05) is 0 Å². The average molecular weight is 576 g/mol. The van der Waals surface area contributed by atoms with Crippen LogP contribution in [-0.4, -0.2) is 164 Å². The van der Waals surface area contributed by atoms with Crippen LogP contribution in [0, 0.1) is 0 Å². The molecule has 0 aliphatic carbocycles. The second-order valence-electron chi connectivity index (χ2n) is 9.44. The Bertz CT molecular complexity index is 800. The topological polar surface area (TPSA) is 303 Å². The van der Waals surface area contributed by atoms with E-state index in [-0.39, 0.29) is 0 Å². The number of rotatable bonds is 9. The summed E-state index contributed by atoms with van der Waals surface area (Å²) in [5, 5.41) is 81.4. The van der Waals surface area contributed by atoms with Gasteiger partial charge in [0, 0.05) is 0 Å². The van der Waals surface area contributed by atoms with Gasteiger partial charge in [-0.05, 0) is 0 Å². The van der Waals surface area contributed by atoms with Crippen molar-refractivity contribution in [3.63, 3.8) is 0 Å². The van der Waals surface area contributed by atoms with E-state index in [0.29, 0.717) is 0 Å². The Hall–Kier alpha value is -0.620. The number of aliphatic hydroxyl groups is 8. The third-order valence-electron chi connectivity index (χ3n) is 7.09. The van der Waals surface area contributed by atoms with Crippen LogP contribution in [0.3, 0.4) is 0 Å². The van der Waals surface area contributed by atoms with Gasteiger partial charge < -0.3 is 81.7 Å². The molecule has 14 N–H and O–H groups in total. The SMILES string of the molecule is N[C@H]1[C@@H](OC2[C@@H](CO)O[C@@H](OC3[C@@H](CO)O[C@@H](O)[C@H](N)[C@H]3O)[C@H](N)[C@H]2O)O[C@@](CO)(C(=O)CS)[C@@H](O)[C@@H]1O. The maximum Gasteiger partial charge on any atom is 0.181 e. The van der Waals surface area contributed by atoms with E-state index in [9.17, 15) is 45.6 Å². The molecule has 0 amide bonds. The summed E-state index contributed by atoms with van der Waals surface area (Å²) in [5.74, 6) is -1.36. The van der Waals surface area contributed by atoms with Crippen LogP contribution >= 0.6 is 12.6 Å². The number of ether oxygens (including phenoxy) is 5. The molecule has 3 aliphatic rings. The van der Waals surface area contributed by atoms with Crippen LogP contribution in [0.1, 0.15) is 0 Å². The van der Waals surface area contributed by atoms with Crippen LogP contribution in [0.15, 0.2) is 0 Å². The number of aliphatic hydroxyl groups excluding tert-OH is 8. The minimum absolute atomic E-state index is 0.475. The molecule has 3 saturated heterocycles. The molecule has 0 spiro atoms. The molecule has 0 aromatic heterocycles. The van der Waals surface area contributed by atoms with Crippen molar-refractivity contribution >= 4 is 18.4 Å². The molecule has 3 rings (SSSR count). The monoisotopic (exact) mass is 575 g/mol. The number of carbonyl (C=O) groups is 1. The van der Waals surface area contributed by atoms with E-state index >= 15 is 0 Å². The smallest absolute Gasteiger partial charge is 0.181 e. The highest BCUT2D eigenvalue weighted by Crippen LogP contribution is 2.34. The van der Waals surface area contributed by atoms with Gasteiger partial charge in [-0.2, -0.15) is 12.6 Å². The van der Waals surface area contributed by atoms with E-state index in [1.54, 1.807) is 0 Å². The van der Waals surface area contributed by atoms with Crippen molar-refractivity contribution in [3.05, 3.63) is 0 Å². The van der Waals surface area contributed by atoms with Gasteiger partial charge in [0.25, 0.3) is 0 Å². The lowest BCUT2D eigenvalue weighted by Gasteiger charge is -2.50. The van der Waals surface area contributed by atoms with Gasteiger partial charge in [0.2, 0.25) is 0 Å². The lowest BCUT2D eigenvalue weighted by molar-refractivity contribution is -0.355. The predicted octanol–water partition coefficient (Wildman–Crippen LogP) is -7.80. The van der Waals surface area contributed by atoms with Gasteiger partial charge in [-0.25, -0.2) is 0 Å². The third-order valence-corrected chi connectivity index (χ3v) is 7.38. The molecule has 2 unspecified atom stereocenters. The number of thiol groups is 1. The van der Waals surface area contributed by atoms with Crippen molar-refractivity contribution in [3.8, 4) is 0 Å². The summed E-state index contributed by atoms with van der Waals surface area (Å²) < 4.78 is 27.6. The van der Waals surface area contributed by atoms with Crippen LogP contribution in [0.5, 0.6) is 0 Å². The van der Waals surface area contributed by atoms with Crippen LogP contribution in [0.4, 0.5) is 0 Å². The highest BCUT2D eigenvalue weighted by Gasteiger charge is 2.58. The second-order valence-corrected chi connectivity index (χ2v) is 9.75. The van der Waals surface area contributed by atoms with Gasteiger partial charge >= 0.3 is 0 Å². The summed E-state index contributed by atoms with van der Waals surface area (Å²) in [6, 6.07) is -4.22. The van der Waals surface area contributed by atoms with Crippen molar-refractivity contribution < 1.29 is 69.3 Å². The Balaban J connectivity index is 1.79. The summed E-state index contributed by atoms with van der Waals surface area (Å²) in [4.78, 5) is 12.5. The van der Waals surface area contributed by atoms with E-state index in [1.807, 2.05) is 0 Å². The van der Waals surface area contributed by atoms with Crippen molar-refractivity contribution in [2.24, 2.45) is 17.2 Å². The minimum atomic E-state index is -2.34. The van der Waals surface area contributed by atoms with E-state index in [0.717, 1.165) is 0 Å². The molecule has 0 radical (unpaired) electrons. The zero-order chi connectivity index (χ0) is 28.5. The zero-order valence-corrected chi connectivity index (χ0v) is 21.0. The molecule has 0 aromatic carbocycles. The number of Topliss-reactive ketones (excluding diaryl/α,β-unsaturated/α-hetero) is 1. The quantitative estimate of drug-likeness (QED) is 0.114. The highest BCUT2D eigenvalue weighted by atomic mass is 32.1. The molecular weight excluding hydrogens is 538 g/mol. The Morgan fingerprint density at radius 1 is 0.789 bits per heavy atom. The second kappa shape index (κ2) is 12.9. The number of nitrogens with two attached hydrogens (primary N) is 3. The molecule has 0 bridgehead atoms. The van der Waals surface area contributed by atoms with Crippen molar-refractivity contribution in [2.45, 2.75) is 91.4 Å². The Morgan fingerprint density at radius 2 is 1.29 bits per heavy atom. The molecule has 38 heavy (non-hydrogen) atoms. The molecule has 3 heterocycles. The number of carbonyl (C=O) groups excluding carboxylic acids is 1. The van der Waals surface area contributed by atoms with E-state index < -0.39 is 123 Å². The van der Waals surface area contributed by atoms with E-state index in [4.69, 9.17) is 40.9 Å². The molecule has 3 aliphatic heterocycles. The summed E-state index contributed by atoms with van der Waals surface area (Å²) >= 11 is 3.84. The molecule has 3 fully saturated rings. The molecule has 15 atom stereocenters. The third kappa shape index (κ3) is 5.74. The largest absolute Gasteiger partial charge is 0.394 e. The van der Waals surface area contributed by atoms with Crippen LogP contribution in [-0.2, 0) is 28.5 Å². The average Bonchev–Trinajstić information content (AvgIpc) is 2.92. The maximum atomic E-state index is 12.5. The summed E-state index contributed by atoms with van der Waals surface area (Å²) in [5.41, 5.74) is 15.4. The van der Waals surface area contributed by atoms with Gasteiger partial charge in [0.15, 0.2) is 30.3 Å².